The molecule has 0 aromatic heterocycles. The Bertz CT molecular complexity index is 150. The van der Waals surface area contributed by atoms with Crippen LogP contribution in [-0.4, -0.2) is 5.91 Å². The minimum atomic E-state index is -0.264. The number of nitrogens with one attached hydrogen (secondary N) is 1. The molecule has 2 heteroatoms. The SMILES string of the molecule is C=CC(=O)NC#CC. The molecule has 0 aliphatic carbocycles. The zero-order valence-corrected chi connectivity index (χ0v) is 4.69. The van der Waals surface area contributed by atoms with Crippen molar-refractivity contribution in [3.63, 3.8) is 0 Å². The molecule has 1 amide bonds. The van der Waals surface area contributed by atoms with Gasteiger partial charge in [0.1, 0.15) is 0 Å². The lowest BCUT2D eigenvalue weighted by Gasteiger charge is -1.83. The first kappa shape index (κ1) is 6.77. The van der Waals surface area contributed by atoms with E-state index in [-0.39, 0.29) is 5.91 Å². The maximum absolute atomic E-state index is 10.2. The van der Waals surface area contributed by atoms with Crippen LogP contribution in [0.25, 0.3) is 0 Å². The van der Waals surface area contributed by atoms with Gasteiger partial charge in [0.05, 0.1) is 0 Å². The minimum Gasteiger partial charge on any atom is -0.282 e. The lowest BCUT2D eigenvalue weighted by atomic mass is 10.6. The second-order valence-electron chi connectivity index (χ2n) is 1.07. The second-order valence-corrected chi connectivity index (χ2v) is 1.07. The highest BCUT2D eigenvalue weighted by Crippen LogP contribution is 1.60. The summed E-state index contributed by atoms with van der Waals surface area (Å²) in [5.41, 5.74) is 0. The lowest BCUT2D eigenvalue weighted by Crippen LogP contribution is -2.13. The van der Waals surface area contributed by atoms with E-state index in [2.05, 4.69) is 23.9 Å². The molecule has 0 aromatic rings. The Hall–Kier alpha value is -1.23. The Balaban J connectivity index is 3.50. The monoisotopic (exact) mass is 109 g/mol. The average molecular weight is 109 g/mol. The molecule has 0 bridgehead atoms. The summed E-state index contributed by atoms with van der Waals surface area (Å²) in [7, 11) is 0. The average Bonchev–Trinajstić information content (AvgIpc) is 1.83. The van der Waals surface area contributed by atoms with Gasteiger partial charge < -0.3 is 0 Å². The third-order valence-corrected chi connectivity index (χ3v) is 0.496. The summed E-state index contributed by atoms with van der Waals surface area (Å²) in [5.74, 6) is 2.24. The minimum absolute atomic E-state index is 0.264. The van der Waals surface area contributed by atoms with E-state index in [9.17, 15) is 4.79 Å². The van der Waals surface area contributed by atoms with Crippen LogP contribution in [0.1, 0.15) is 6.92 Å². The maximum atomic E-state index is 10.2. The molecule has 0 aromatic carbocycles. The van der Waals surface area contributed by atoms with E-state index in [1.165, 1.54) is 6.08 Å². The Labute approximate surface area is 48.6 Å². The molecular formula is C6H7NO. The van der Waals surface area contributed by atoms with E-state index >= 15 is 0 Å². The van der Waals surface area contributed by atoms with Crippen molar-refractivity contribution in [1.29, 1.82) is 0 Å². The summed E-state index contributed by atoms with van der Waals surface area (Å²) >= 11 is 0. The summed E-state index contributed by atoms with van der Waals surface area (Å²) in [6.07, 6.45) is 1.17. The van der Waals surface area contributed by atoms with Crippen LogP contribution in [0.15, 0.2) is 12.7 Å². The fraction of sp³-hybridized carbons (Fsp3) is 0.167. The molecule has 0 aliphatic rings. The predicted octanol–water partition coefficient (Wildman–Crippen LogP) is 0.269. The van der Waals surface area contributed by atoms with Crippen molar-refractivity contribution in [2.24, 2.45) is 0 Å². The molecule has 0 unspecified atom stereocenters. The standard InChI is InChI=1S/C6H7NO/c1-3-5-7-6(8)4-2/h4H,2H2,1H3,(H,7,8). The number of hydrogen-bond acceptors (Lipinski definition) is 1. The third-order valence-electron chi connectivity index (χ3n) is 0.496. The summed E-state index contributed by atoms with van der Waals surface area (Å²) in [5, 5.41) is 2.26. The van der Waals surface area contributed by atoms with Gasteiger partial charge in [-0.15, -0.1) is 0 Å². The van der Waals surface area contributed by atoms with Crippen molar-refractivity contribution in [3.05, 3.63) is 12.7 Å². The topological polar surface area (TPSA) is 29.1 Å². The molecule has 0 fully saturated rings. The van der Waals surface area contributed by atoms with Crippen molar-refractivity contribution < 1.29 is 4.79 Å². The fourth-order valence-electron chi connectivity index (χ4n) is 0.175. The van der Waals surface area contributed by atoms with Gasteiger partial charge in [-0.2, -0.15) is 0 Å². The van der Waals surface area contributed by atoms with E-state index in [1.807, 2.05) is 0 Å². The van der Waals surface area contributed by atoms with Crippen LogP contribution in [0.5, 0.6) is 0 Å². The lowest BCUT2D eigenvalue weighted by molar-refractivity contribution is -0.115. The van der Waals surface area contributed by atoms with Crippen molar-refractivity contribution in [2.45, 2.75) is 6.92 Å². The van der Waals surface area contributed by atoms with Gasteiger partial charge >= 0.3 is 0 Å². The fourth-order valence-corrected chi connectivity index (χ4v) is 0.175. The number of rotatable bonds is 1. The van der Waals surface area contributed by atoms with Crippen LogP contribution in [-0.2, 0) is 4.79 Å². The number of carbonyl (C=O) groups is 1. The Morgan fingerprint density at radius 1 is 1.88 bits per heavy atom. The van der Waals surface area contributed by atoms with Crippen molar-refractivity contribution in [1.82, 2.24) is 5.32 Å². The highest BCUT2D eigenvalue weighted by Gasteiger charge is 1.82. The molecule has 0 radical (unpaired) electrons. The van der Waals surface area contributed by atoms with Crippen molar-refractivity contribution in [2.75, 3.05) is 0 Å². The van der Waals surface area contributed by atoms with Crippen LogP contribution < -0.4 is 5.32 Å². The summed E-state index contributed by atoms with van der Waals surface area (Å²) < 4.78 is 0. The zero-order valence-electron chi connectivity index (χ0n) is 4.69. The zero-order chi connectivity index (χ0) is 6.41. The third kappa shape index (κ3) is 2.98. The highest BCUT2D eigenvalue weighted by atomic mass is 16.1. The van der Waals surface area contributed by atoms with Crippen molar-refractivity contribution in [3.8, 4) is 12.0 Å². The molecule has 0 aliphatic heterocycles. The molecule has 0 saturated carbocycles. The molecule has 8 heavy (non-hydrogen) atoms. The summed E-state index contributed by atoms with van der Waals surface area (Å²) in [6.45, 7) is 4.88. The van der Waals surface area contributed by atoms with E-state index in [1.54, 1.807) is 6.92 Å². The van der Waals surface area contributed by atoms with Gasteiger partial charge in [-0.25, -0.2) is 0 Å². The number of amides is 1. The Kier molecular flexibility index (Phi) is 3.34. The van der Waals surface area contributed by atoms with Gasteiger partial charge in [0.15, 0.2) is 0 Å². The molecule has 0 heterocycles. The smallest absolute Gasteiger partial charge is 0.254 e. The first-order chi connectivity index (χ1) is 3.81. The molecule has 0 rings (SSSR count). The largest absolute Gasteiger partial charge is 0.282 e. The van der Waals surface area contributed by atoms with E-state index in [4.69, 9.17) is 0 Å². The number of carbonyl (C=O) groups excluding carboxylic acids is 1. The summed E-state index contributed by atoms with van der Waals surface area (Å²) in [6, 6.07) is 2.38. The van der Waals surface area contributed by atoms with Crippen LogP contribution >= 0.6 is 0 Å². The van der Waals surface area contributed by atoms with Gasteiger partial charge in [0, 0.05) is 6.04 Å². The van der Waals surface area contributed by atoms with Crippen LogP contribution in [0.2, 0.25) is 0 Å². The first-order valence-electron chi connectivity index (χ1n) is 2.15. The normalized spacial score (nSPS) is 6.12. The molecule has 2 nitrogen and oxygen atoms in total. The van der Waals surface area contributed by atoms with Gasteiger partial charge in [-0.3, -0.25) is 10.1 Å². The first-order valence-corrected chi connectivity index (χ1v) is 2.15. The Morgan fingerprint density at radius 2 is 2.50 bits per heavy atom. The Morgan fingerprint density at radius 3 is 2.88 bits per heavy atom. The van der Waals surface area contributed by atoms with E-state index in [0.717, 1.165) is 0 Å². The van der Waals surface area contributed by atoms with Gasteiger partial charge in [-0.05, 0) is 13.0 Å². The van der Waals surface area contributed by atoms with Crippen LogP contribution in [0.3, 0.4) is 0 Å². The predicted molar refractivity (Wildman–Crippen MR) is 31.8 cm³/mol. The molecular weight excluding hydrogens is 102 g/mol. The molecule has 1 N–H and O–H groups in total. The van der Waals surface area contributed by atoms with E-state index in [0.29, 0.717) is 0 Å². The molecule has 0 atom stereocenters. The second kappa shape index (κ2) is 3.94. The maximum Gasteiger partial charge on any atom is 0.254 e. The highest BCUT2D eigenvalue weighted by molar-refractivity contribution is 5.88. The number of hydrogen-bond donors (Lipinski definition) is 1. The summed E-state index contributed by atoms with van der Waals surface area (Å²) in [4.78, 5) is 10.2. The van der Waals surface area contributed by atoms with Gasteiger partial charge in [0.25, 0.3) is 5.91 Å². The van der Waals surface area contributed by atoms with E-state index < -0.39 is 0 Å². The van der Waals surface area contributed by atoms with Gasteiger partial charge in [-0.1, -0.05) is 12.5 Å². The molecule has 42 valence electrons. The molecule has 0 spiro atoms. The molecule has 0 saturated heterocycles. The van der Waals surface area contributed by atoms with Crippen LogP contribution in [0.4, 0.5) is 0 Å². The van der Waals surface area contributed by atoms with Crippen molar-refractivity contribution >= 4 is 5.91 Å². The van der Waals surface area contributed by atoms with Crippen LogP contribution in [0, 0.1) is 12.0 Å². The quantitative estimate of drug-likeness (QED) is 0.292. The van der Waals surface area contributed by atoms with Gasteiger partial charge in [0.2, 0.25) is 0 Å².